The number of benzene rings is 2. The van der Waals surface area contributed by atoms with Gasteiger partial charge in [0.15, 0.2) is 20.8 Å². The monoisotopic (exact) mass is 493 g/mol. The van der Waals surface area contributed by atoms with Gasteiger partial charge in [-0.25, -0.2) is 13.4 Å². The molecular formula is C26H27N3O3S2. The number of aryl methyl sites for hydroxylation is 2. The molecule has 1 atom stereocenters. The third-order valence-corrected chi connectivity index (χ3v) is 9.17. The van der Waals surface area contributed by atoms with Crippen LogP contribution in [0.3, 0.4) is 0 Å². The van der Waals surface area contributed by atoms with Crippen LogP contribution in [0.1, 0.15) is 39.8 Å². The second-order valence-electron chi connectivity index (χ2n) is 8.98. The molecule has 1 fully saturated rings. The Hall–Kier alpha value is -2.84. The van der Waals surface area contributed by atoms with E-state index in [1.165, 1.54) is 11.8 Å². The van der Waals surface area contributed by atoms with Gasteiger partial charge >= 0.3 is 0 Å². The van der Waals surface area contributed by atoms with Crippen LogP contribution in [0.15, 0.2) is 59.8 Å². The largest absolute Gasteiger partial charge is 0.344 e. The van der Waals surface area contributed by atoms with Gasteiger partial charge in [-0.1, -0.05) is 36.0 Å². The molecule has 2 aromatic heterocycles. The average Bonchev–Trinajstić information content (AvgIpc) is 3.44. The van der Waals surface area contributed by atoms with Gasteiger partial charge in [0.05, 0.1) is 28.3 Å². The number of nitrogens with zero attached hydrogens (tertiary/aromatic N) is 3. The van der Waals surface area contributed by atoms with E-state index in [9.17, 15) is 13.2 Å². The number of hydrogen-bond acceptors (Lipinski definition) is 5. The minimum absolute atomic E-state index is 0.0213. The van der Waals surface area contributed by atoms with Crippen LogP contribution in [-0.4, -0.2) is 45.6 Å². The first-order chi connectivity index (χ1) is 16.2. The summed E-state index contributed by atoms with van der Waals surface area (Å²) >= 11 is 1.43. The summed E-state index contributed by atoms with van der Waals surface area (Å²) in [5.74, 6) is 0.630. The lowest BCUT2D eigenvalue weighted by Crippen LogP contribution is -2.14. The molecule has 3 heterocycles. The highest BCUT2D eigenvalue weighted by atomic mass is 32.2. The second kappa shape index (κ2) is 8.74. The van der Waals surface area contributed by atoms with Crippen molar-refractivity contribution in [3.8, 4) is 5.69 Å². The van der Waals surface area contributed by atoms with Gasteiger partial charge in [0.25, 0.3) is 0 Å². The molecule has 0 unspecified atom stereocenters. The van der Waals surface area contributed by atoms with Gasteiger partial charge in [0.1, 0.15) is 0 Å². The van der Waals surface area contributed by atoms with Gasteiger partial charge < -0.3 is 4.57 Å². The van der Waals surface area contributed by atoms with Gasteiger partial charge in [0, 0.05) is 28.7 Å². The van der Waals surface area contributed by atoms with Gasteiger partial charge in [-0.15, -0.1) is 0 Å². The number of rotatable bonds is 6. The van der Waals surface area contributed by atoms with Crippen molar-refractivity contribution in [2.24, 2.45) is 0 Å². The van der Waals surface area contributed by atoms with Crippen LogP contribution in [0.2, 0.25) is 0 Å². The van der Waals surface area contributed by atoms with Crippen LogP contribution in [-0.2, 0) is 9.84 Å². The molecule has 4 aromatic rings. The van der Waals surface area contributed by atoms with Gasteiger partial charge in [-0.05, 0) is 63.1 Å². The lowest BCUT2D eigenvalue weighted by atomic mass is 10.2. The predicted octanol–water partition coefficient (Wildman–Crippen LogP) is 5.09. The van der Waals surface area contributed by atoms with E-state index in [0.717, 1.165) is 38.8 Å². The summed E-state index contributed by atoms with van der Waals surface area (Å²) in [6, 6.07) is 18.0. The van der Waals surface area contributed by atoms with Gasteiger partial charge in [-0.2, -0.15) is 0 Å². The molecule has 6 nitrogen and oxygen atoms in total. The van der Waals surface area contributed by atoms with E-state index in [2.05, 4.69) is 29.7 Å². The van der Waals surface area contributed by atoms with Crippen molar-refractivity contribution < 1.29 is 13.2 Å². The van der Waals surface area contributed by atoms with Crippen molar-refractivity contribution in [2.75, 3.05) is 17.3 Å². The first kappa shape index (κ1) is 22.9. The maximum atomic E-state index is 13.3. The van der Waals surface area contributed by atoms with Crippen LogP contribution in [0.5, 0.6) is 0 Å². The Bertz CT molecular complexity index is 1520. The quantitative estimate of drug-likeness (QED) is 0.276. The summed E-state index contributed by atoms with van der Waals surface area (Å²) in [6.07, 6.45) is 0.599. The van der Waals surface area contributed by atoms with Crippen molar-refractivity contribution in [3.05, 3.63) is 77.1 Å². The molecule has 8 heteroatoms. The molecule has 0 bridgehead atoms. The molecule has 5 rings (SSSR count). The third-order valence-electron chi connectivity index (χ3n) is 6.48. The van der Waals surface area contributed by atoms with Crippen LogP contribution in [0, 0.1) is 20.8 Å². The van der Waals surface area contributed by atoms with E-state index in [0.29, 0.717) is 12.0 Å². The van der Waals surface area contributed by atoms with Crippen LogP contribution < -0.4 is 0 Å². The molecule has 0 saturated carbocycles. The van der Waals surface area contributed by atoms with Crippen LogP contribution in [0.25, 0.3) is 16.7 Å². The molecule has 0 spiro atoms. The molecule has 1 saturated heterocycles. The summed E-state index contributed by atoms with van der Waals surface area (Å²) in [4.78, 5) is 18.1. The Morgan fingerprint density at radius 3 is 2.62 bits per heavy atom. The fourth-order valence-electron chi connectivity index (χ4n) is 4.93. The number of Topliss-reactive ketones (excluding diaryl/α,β-unsaturated/α-hetero) is 1. The summed E-state index contributed by atoms with van der Waals surface area (Å²) in [7, 11) is -3.00. The molecule has 0 N–H and O–H groups in total. The maximum absolute atomic E-state index is 13.3. The standard InChI is InChI=1S/C26H27N3O3S2/c1-17-7-6-8-20(13-17)29-24-10-5-4-9-23(24)27-26(29)33-15-25(30)22-14-18(2)28(19(22)3)21-11-12-34(31,32)16-21/h4-10,13-14,21H,11-12,15-16H2,1-3H3/t21-/m0/s1. The molecule has 34 heavy (non-hydrogen) atoms. The highest BCUT2D eigenvalue weighted by Crippen LogP contribution is 2.32. The van der Waals surface area contributed by atoms with E-state index >= 15 is 0 Å². The summed E-state index contributed by atoms with van der Waals surface area (Å²) in [5.41, 5.74) is 6.50. The highest BCUT2D eigenvalue weighted by molar-refractivity contribution is 7.99. The lowest BCUT2D eigenvalue weighted by molar-refractivity contribution is 0.102. The van der Waals surface area contributed by atoms with Crippen LogP contribution in [0.4, 0.5) is 0 Å². The van der Waals surface area contributed by atoms with E-state index in [1.54, 1.807) is 0 Å². The number of thioether (sulfide) groups is 1. The molecule has 0 radical (unpaired) electrons. The zero-order chi connectivity index (χ0) is 24.0. The van der Waals surface area contributed by atoms with Crippen molar-refractivity contribution in [2.45, 2.75) is 38.4 Å². The Balaban J connectivity index is 1.43. The Morgan fingerprint density at radius 1 is 1.09 bits per heavy atom. The predicted molar refractivity (Wildman–Crippen MR) is 137 cm³/mol. The third kappa shape index (κ3) is 4.20. The Kier molecular flexibility index (Phi) is 5.90. The molecule has 0 aliphatic carbocycles. The topological polar surface area (TPSA) is 74.0 Å². The molecule has 1 aliphatic rings. The molecule has 1 aliphatic heterocycles. The Morgan fingerprint density at radius 2 is 1.88 bits per heavy atom. The zero-order valence-electron chi connectivity index (χ0n) is 19.5. The number of fused-ring (bicyclic) bond motifs is 1. The molecule has 176 valence electrons. The lowest BCUT2D eigenvalue weighted by Gasteiger charge is -2.16. The summed E-state index contributed by atoms with van der Waals surface area (Å²) < 4.78 is 28.1. The SMILES string of the molecule is Cc1cccc(-n2c(SCC(=O)c3cc(C)n([C@H]4CCS(=O)(=O)C4)c3C)nc3ccccc32)c1. The number of ketones is 1. The molecular weight excluding hydrogens is 466 g/mol. The van der Waals surface area contributed by atoms with E-state index < -0.39 is 9.84 Å². The number of carbonyl (C=O) groups is 1. The first-order valence-electron chi connectivity index (χ1n) is 11.3. The van der Waals surface area contributed by atoms with E-state index in [-0.39, 0.29) is 29.1 Å². The number of aromatic nitrogens is 3. The van der Waals surface area contributed by atoms with E-state index in [1.807, 2.05) is 54.8 Å². The minimum Gasteiger partial charge on any atom is -0.344 e. The normalized spacial score (nSPS) is 17.4. The number of para-hydroxylation sites is 2. The smallest absolute Gasteiger partial charge is 0.175 e. The fraction of sp³-hybridized carbons (Fsp3) is 0.308. The van der Waals surface area contributed by atoms with Crippen molar-refractivity contribution in [3.63, 3.8) is 0 Å². The summed E-state index contributed by atoms with van der Waals surface area (Å²) in [6.45, 7) is 5.92. The second-order valence-corrected chi connectivity index (χ2v) is 12.2. The van der Waals surface area contributed by atoms with Gasteiger partial charge in [0.2, 0.25) is 0 Å². The first-order valence-corrected chi connectivity index (χ1v) is 14.1. The number of sulfone groups is 1. The zero-order valence-corrected chi connectivity index (χ0v) is 21.1. The highest BCUT2D eigenvalue weighted by Gasteiger charge is 2.31. The Labute approximate surface area is 203 Å². The van der Waals surface area contributed by atoms with Crippen molar-refractivity contribution >= 4 is 38.4 Å². The average molecular weight is 494 g/mol. The number of imidazole rings is 1. The molecule has 2 aromatic carbocycles. The molecule has 0 amide bonds. The fourth-order valence-corrected chi connectivity index (χ4v) is 7.54. The maximum Gasteiger partial charge on any atom is 0.175 e. The van der Waals surface area contributed by atoms with Crippen molar-refractivity contribution in [1.82, 2.24) is 14.1 Å². The van der Waals surface area contributed by atoms with Crippen LogP contribution >= 0.6 is 11.8 Å². The van der Waals surface area contributed by atoms with Crippen molar-refractivity contribution in [1.29, 1.82) is 0 Å². The number of hydrogen-bond donors (Lipinski definition) is 0. The van der Waals surface area contributed by atoms with E-state index in [4.69, 9.17) is 4.98 Å². The summed E-state index contributed by atoms with van der Waals surface area (Å²) in [5, 5.41) is 0.774. The minimum atomic E-state index is -3.00. The van der Waals surface area contributed by atoms with Gasteiger partial charge in [-0.3, -0.25) is 9.36 Å². The number of carbonyl (C=O) groups excluding carboxylic acids is 1.